The zero-order valence-corrected chi connectivity index (χ0v) is 9.92. The number of nitrogens with one attached hydrogen (secondary N) is 1. The molecular weight excluding hydrogens is 240 g/mol. The van der Waals surface area contributed by atoms with Crippen molar-refractivity contribution in [1.29, 1.82) is 0 Å². The first-order chi connectivity index (χ1) is 8.66. The molecule has 1 aliphatic rings. The predicted molar refractivity (Wildman–Crippen MR) is 62.5 cm³/mol. The number of benzene rings is 1. The van der Waals surface area contributed by atoms with E-state index < -0.39 is 17.4 Å². The van der Waals surface area contributed by atoms with Crippen molar-refractivity contribution in [3.63, 3.8) is 0 Å². The molecular formula is C13H15F2NO2. The van der Waals surface area contributed by atoms with Gasteiger partial charge < -0.3 is 10.1 Å². The molecule has 0 unspecified atom stereocenters. The van der Waals surface area contributed by atoms with Crippen molar-refractivity contribution in [2.75, 3.05) is 19.7 Å². The molecule has 0 aliphatic carbocycles. The summed E-state index contributed by atoms with van der Waals surface area (Å²) in [6.45, 7) is 1.51. The summed E-state index contributed by atoms with van der Waals surface area (Å²) in [7, 11) is 0. The van der Waals surface area contributed by atoms with Crippen LogP contribution >= 0.6 is 0 Å². The Kier molecular flexibility index (Phi) is 4.38. The van der Waals surface area contributed by atoms with Crippen molar-refractivity contribution in [2.24, 2.45) is 0 Å². The standard InChI is InChI=1S/C13H15F2NO2/c14-9-1-2-12(15)11(7-9)13(17)8-18-10-3-5-16-6-4-10/h1-2,7,10,16H,3-6,8H2. The summed E-state index contributed by atoms with van der Waals surface area (Å²) in [5, 5.41) is 3.18. The van der Waals surface area contributed by atoms with Crippen molar-refractivity contribution in [3.8, 4) is 0 Å². The average molecular weight is 255 g/mol. The Morgan fingerprint density at radius 3 is 2.78 bits per heavy atom. The molecule has 2 rings (SSSR count). The van der Waals surface area contributed by atoms with Crippen molar-refractivity contribution >= 4 is 5.78 Å². The second-order valence-corrected chi connectivity index (χ2v) is 4.31. The maximum Gasteiger partial charge on any atom is 0.191 e. The Labute approximate surface area is 104 Å². The van der Waals surface area contributed by atoms with Crippen LogP contribution in [-0.4, -0.2) is 31.6 Å². The van der Waals surface area contributed by atoms with E-state index >= 15 is 0 Å². The van der Waals surface area contributed by atoms with Gasteiger partial charge in [-0.2, -0.15) is 0 Å². The first-order valence-electron chi connectivity index (χ1n) is 5.97. The van der Waals surface area contributed by atoms with E-state index in [1.807, 2.05) is 0 Å². The monoisotopic (exact) mass is 255 g/mol. The van der Waals surface area contributed by atoms with E-state index in [4.69, 9.17) is 4.74 Å². The molecule has 0 bridgehead atoms. The lowest BCUT2D eigenvalue weighted by Gasteiger charge is -2.22. The van der Waals surface area contributed by atoms with Gasteiger partial charge in [-0.25, -0.2) is 8.78 Å². The third-order valence-electron chi connectivity index (χ3n) is 2.97. The van der Waals surface area contributed by atoms with Crippen LogP contribution in [0.5, 0.6) is 0 Å². The van der Waals surface area contributed by atoms with Gasteiger partial charge in [-0.05, 0) is 44.1 Å². The number of halogens is 2. The molecule has 1 saturated heterocycles. The molecule has 5 heteroatoms. The maximum absolute atomic E-state index is 13.3. The molecule has 0 amide bonds. The Bertz CT molecular complexity index is 431. The highest BCUT2D eigenvalue weighted by Gasteiger charge is 2.17. The molecule has 1 aliphatic heterocycles. The van der Waals surface area contributed by atoms with Gasteiger partial charge >= 0.3 is 0 Å². The molecule has 0 saturated carbocycles. The molecule has 0 radical (unpaired) electrons. The molecule has 1 N–H and O–H groups in total. The molecule has 0 spiro atoms. The van der Waals surface area contributed by atoms with Crippen LogP contribution in [-0.2, 0) is 4.74 Å². The lowest BCUT2D eigenvalue weighted by Crippen LogP contribution is -2.33. The summed E-state index contributed by atoms with van der Waals surface area (Å²) in [4.78, 5) is 11.7. The molecule has 1 heterocycles. The van der Waals surface area contributed by atoms with E-state index in [9.17, 15) is 13.6 Å². The third-order valence-corrected chi connectivity index (χ3v) is 2.97. The van der Waals surface area contributed by atoms with Crippen LogP contribution < -0.4 is 5.32 Å². The SMILES string of the molecule is O=C(COC1CCNCC1)c1cc(F)ccc1F. The number of piperidine rings is 1. The van der Waals surface area contributed by atoms with E-state index in [1.54, 1.807) is 0 Å². The number of carbonyl (C=O) groups excluding carboxylic acids is 1. The van der Waals surface area contributed by atoms with E-state index in [2.05, 4.69) is 5.32 Å². The van der Waals surface area contributed by atoms with Gasteiger partial charge in [0.2, 0.25) is 0 Å². The summed E-state index contributed by atoms with van der Waals surface area (Å²) < 4.78 is 31.7. The molecule has 3 nitrogen and oxygen atoms in total. The van der Waals surface area contributed by atoms with Gasteiger partial charge in [0.05, 0.1) is 11.7 Å². The fourth-order valence-electron chi connectivity index (χ4n) is 1.94. The smallest absolute Gasteiger partial charge is 0.191 e. The van der Waals surface area contributed by atoms with E-state index in [-0.39, 0.29) is 18.3 Å². The Hall–Kier alpha value is -1.33. The average Bonchev–Trinajstić information content (AvgIpc) is 2.40. The largest absolute Gasteiger partial charge is 0.370 e. The van der Waals surface area contributed by atoms with Crippen LogP contribution in [0.3, 0.4) is 0 Å². The van der Waals surface area contributed by atoms with Crippen LogP contribution in [0, 0.1) is 11.6 Å². The first kappa shape index (κ1) is 13.1. The minimum Gasteiger partial charge on any atom is -0.370 e. The zero-order chi connectivity index (χ0) is 13.0. The minimum atomic E-state index is -0.713. The van der Waals surface area contributed by atoms with E-state index in [1.165, 1.54) is 0 Å². The molecule has 1 fully saturated rings. The molecule has 1 aromatic carbocycles. The van der Waals surface area contributed by atoms with Gasteiger partial charge in [0.25, 0.3) is 0 Å². The van der Waals surface area contributed by atoms with Gasteiger partial charge in [0.1, 0.15) is 18.2 Å². The van der Waals surface area contributed by atoms with Gasteiger partial charge in [0, 0.05) is 0 Å². The molecule has 0 atom stereocenters. The lowest BCUT2D eigenvalue weighted by molar-refractivity contribution is 0.0315. The maximum atomic E-state index is 13.3. The Morgan fingerprint density at radius 1 is 1.33 bits per heavy atom. The fraction of sp³-hybridized carbons (Fsp3) is 0.462. The number of ether oxygens (including phenoxy) is 1. The third kappa shape index (κ3) is 3.34. The summed E-state index contributed by atoms with van der Waals surface area (Å²) in [6.07, 6.45) is 1.68. The first-order valence-corrected chi connectivity index (χ1v) is 5.97. The van der Waals surface area contributed by atoms with Crippen molar-refractivity contribution < 1.29 is 18.3 Å². The Morgan fingerprint density at radius 2 is 2.06 bits per heavy atom. The normalized spacial score (nSPS) is 16.8. The number of carbonyl (C=O) groups is 1. The van der Waals surface area contributed by atoms with Crippen molar-refractivity contribution in [3.05, 3.63) is 35.4 Å². The minimum absolute atomic E-state index is 0.0202. The van der Waals surface area contributed by atoms with Crippen LogP contribution in [0.25, 0.3) is 0 Å². The second-order valence-electron chi connectivity index (χ2n) is 4.31. The topological polar surface area (TPSA) is 38.3 Å². The number of hydrogen-bond donors (Lipinski definition) is 1. The second kappa shape index (κ2) is 6.02. The number of ketones is 1. The van der Waals surface area contributed by atoms with Crippen LogP contribution in [0.15, 0.2) is 18.2 Å². The van der Waals surface area contributed by atoms with Crippen molar-refractivity contribution in [2.45, 2.75) is 18.9 Å². The lowest BCUT2D eigenvalue weighted by atomic mass is 10.1. The summed E-state index contributed by atoms with van der Waals surface area (Å²) in [5.41, 5.74) is -0.246. The van der Waals surface area contributed by atoms with Crippen LogP contribution in [0.2, 0.25) is 0 Å². The highest BCUT2D eigenvalue weighted by Crippen LogP contribution is 2.12. The van der Waals surface area contributed by atoms with Crippen LogP contribution in [0.1, 0.15) is 23.2 Å². The molecule has 1 aromatic rings. The Balaban J connectivity index is 1.92. The highest BCUT2D eigenvalue weighted by atomic mass is 19.1. The van der Waals surface area contributed by atoms with E-state index in [0.29, 0.717) is 0 Å². The molecule has 98 valence electrons. The highest BCUT2D eigenvalue weighted by molar-refractivity contribution is 5.97. The number of hydrogen-bond acceptors (Lipinski definition) is 3. The van der Waals surface area contributed by atoms with Crippen molar-refractivity contribution in [1.82, 2.24) is 5.32 Å². The predicted octanol–water partition coefficient (Wildman–Crippen LogP) is 1.92. The van der Waals surface area contributed by atoms with Gasteiger partial charge in [0.15, 0.2) is 5.78 Å². The summed E-state index contributed by atoms with van der Waals surface area (Å²) >= 11 is 0. The molecule has 18 heavy (non-hydrogen) atoms. The van der Waals surface area contributed by atoms with Gasteiger partial charge in [-0.3, -0.25) is 4.79 Å². The molecule has 0 aromatic heterocycles. The van der Waals surface area contributed by atoms with Crippen LogP contribution in [0.4, 0.5) is 8.78 Å². The van der Waals surface area contributed by atoms with Gasteiger partial charge in [-0.15, -0.1) is 0 Å². The summed E-state index contributed by atoms with van der Waals surface area (Å²) in [5.74, 6) is -1.86. The fourth-order valence-corrected chi connectivity index (χ4v) is 1.94. The number of Topliss-reactive ketones (excluding diaryl/α,β-unsaturated/α-hetero) is 1. The number of rotatable bonds is 4. The van der Waals surface area contributed by atoms with Gasteiger partial charge in [-0.1, -0.05) is 0 Å². The summed E-state index contributed by atoms with van der Waals surface area (Å²) in [6, 6.07) is 2.84. The quantitative estimate of drug-likeness (QED) is 0.835. The van der Waals surface area contributed by atoms with E-state index in [0.717, 1.165) is 44.1 Å². The zero-order valence-electron chi connectivity index (χ0n) is 9.92.